The van der Waals surface area contributed by atoms with E-state index in [1.54, 1.807) is 11.9 Å². The molecule has 2 saturated heterocycles. The van der Waals surface area contributed by atoms with Crippen molar-refractivity contribution in [2.75, 3.05) is 33.4 Å². The molecule has 6 nitrogen and oxygen atoms in total. The third-order valence-electron chi connectivity index (χ3n) is 2.93. The first-order valence-electron chi connectivity index (χ1n) is 5.52. The third-order valence-corrected chi connectivity index (χ3v) is 2.93. The van der Waals surface area contributed by atoms with Gasteiger partial charge in [0.15, 0.2) is 0 Å². The van der Waals surface area contributed by atoms with Crippen LogP contribution in [0.5, 0.6) is 0 Å². The lowest BCUT2D eigenvalue weighted by Gasteiger charge is -2.24. The molecule has 0 bridgehead atoms. The van der Waals surface area contributed by atoms with Gasteiger partial charge in [-0.1, -0.05) is 0 Å². The monoisotopic (exact) mass is 263 g/mol. The van der Waals surface area contributed by atoms with E-state index in [2.05, 4.69) is 10.6 Å². The summed E-state index contributed by atoms with van der Waals surface area (Å²) in [5.74, 6) is 0.00551. The molecule has 0 saturated carbocycles. The molecule has 98 valence electrons. The average Bonchev–Trinajstić information content (AvgIpc) is 2.59. The van der Waals surface area contributed by atoms with Crippen molar-refractivity contribution in [2.45, 2.75) is 18.5 Å². The average molecular weight is 264 g/mol. The molecular weight excluding hydrogens is 246 g/mol. The minimum atomic E-state index is -0.283. The maximum Gasteiger partial charge on any atom is 0.239 e. The number of morpholine rings is 1. The van der Waals surface area contributed by atoms with Crippen LogP contribution in [0.2, 0.25) is 0 Å². The first kappa shape index (κ1) is 14.2. The van der Waals surface area contributed by atoms with Gasteiger partial charge in [0.25, 0.3) is 0 Å². The van der Waals surface area contributed by atoms with Crippen LogP contribution in [-0.4, -0.2) is 62.1 Å². The number of likely N-dealkylation sites (tertiary alicyclic amines) is 1. The molecule has 2 unspecified atom stereocenters. The third kappa shape index (κ3) is 3.55. The molecule has 2 rings (SSSR count). The van der Waals surface area contributed by atoms with Crippen molar-refractivity contribution in [2.24, 2.45) is 0 Å². The predicted molar refractivity (Wildman–Crippen MR) is 64.0 cm³/mol. The second-order valence-electron chi connectivity index (χ2n) is 4.27. The van der Waals surface area contributed by atoms with Gasteiger partial charge in [0.1, 0.15) is 6.04 Å². The number of halogens is 1. The highest BCUT2D eigenvalue weighted by Gasteiger charge is 2.30. The molecule has 0 aliphatic carbocycles. The Morgan fingerprint density at radius 2 is 2.35 bits per heavy atom. The molecule has 2 atom stereocenters. The lowest BCUT2D eigenvalue weighted by molar-refractivity contribution is -0.126. The maximum atomic E-state index is 11.8. The van der Waals surface area contributed by atoms with Crippen LogP contribution in [0, 0.1) is 0 Å². The summed E-state index contributed by atoms with van der Waals surface area (Å²) in [7, 11) is 1.75. The molecule has 0 aromatic carbocycles. The molecule has 2 heterocycles. The fourth-order valence-electron chi connectivity index (χ4n) is 2.00. The Morgan fingerprint density at radius 1 is 1.59 bits per heavy atom. The van der Waals surface area contributed by atoms with Gasteiger partial charge in [0.05, 0.1) is 19.3 Å². The Hall–Kier alpha value is -0.850. The van der Waals surface area contributed by atoms with E-state index in [9.17, 15) is 9.59 Å². The number of amides is 2. The molecule has 2 aliphatic heterocycles. The summed E-state index contributed by atoms with van der Waals surface area (Å²) in [5.41, 5.74) is 0. The number of rotatable bonds is 2. The highest BCUT2D eigenvalue weighted by Crippen LogP contribution is 2.08. The van der Waals surface area contributed by atoms with E-state index in [4.69, 9.17) is 4.74 Å². The number of likely N-dealkylation sites (N-methyl/N-ethyl adjacent to an activating group) is 1. The number of hydrogen-bond acceptors (Lipinski definition) is 4. The molecular formula is C10H18ClN3O3. The molecule has 0 spiro atoms. The maximum absolute atomic E-state index is 11.8. The molecule has 17 heavy (non-hydrogen) atoms. The van der Waals surface area contributed by atoms with Crippen LogP contribution in [0.25, 0.3) is 0 Å². The summed E-state index contributed by atoms with van der Waals surface area (Å²) in [4.78, 5) is 24.7. The predicted octanol–water partition coefficient (Wildman–Crippen LogP) is -1.26. The van der Waals surface area contributed by atoms with E-state index in [0.29, 0.717) is 32.7 Å². The molecule has 0 aromatic rings. The number of ether oxygens (including phenoxy) is 1. The largest absolute Gasteiger partial charge is 0.378 e. The highest BCUT2D eigenvalue weighted by atomic mass is 35.5. The van der Waals surface area contributed by atoms with Crippen LogP contribution in [0.3, 0.4) is 0 Å². The number of carbonyl (C=O) groups is 2. The summed E-state index contributed by atoms with van der Waals surface area (Å²) < 4.78 is 5.21. The van der Waals surface area contributed by atoms with Crippen molar-refractivity contribution in [3.63, 3.8) is 0 Å². The zero-order valence-corrected chi connectivity index (χ0v) is 10.6. The standard InChI is InChI=1S/C10H17N3O3.ClH/c1-13-5-7(4-9(13)14)12-10(15)8-6-16-3-2-11-8;/h7-8,11H,2-6H2,1H3,(H,12,15);1H. The molecule has 2 aliphatic rings. The van der Waals surface area contributed by atoms with Gasteiger partial charge < -0.3 is 20.3 Å². The van der Waals surface area contributed by atoms with Crippen molar-refractivity contribution < 1.29 is 14.3 Å². The summed E-state index contributed by atoms with van der Waals surface area (Å²) in [5, 5.41) is 5.95. The van der Waals surface area contributed by atoms with Gasteiger partial charge in [-0.05, 0) is 0 Å². The quantitative estimate of drug-likeness (QED) is 0.653. The van der Waals surface area contributed by atoms with Crippen LogP contribution in [0.15, 0.2) is 0 Å². The molecule has 2 N–H and O–H groups in total. The summed E-state index contributed by atoms with van der Waals surface area (Å²) in [6, 6.07) is -0.344. The lowest BCUT2D eigenvalue weighted by atomic mass is 10.2. The molecule has 0 aromatic heterocycles. The van der Waals surface area contributed by atoms with Crippen LogP contribution >= 0.6 is 12.4 Å². The normalized spacial score (nSPS) is 28.8. The SMILES string of the molecule is CN1CC(NC(=O)C2COCCN2)CC1=O.Cl. The summed E-state index contributed by atoms with van der Waals surface area (Å²) in [6.07, 6.45) is 0.399. The van der Waals surface area contributed by atoms with Gasteiger partial charge in [-0.2, -0.15) is 0 Å². The zero-order valence-electron chi connectivity index (χ0n) is 9.77. The van der Waals surface area contributed by atoms with Crippen molar-refractivity contribution in [3.8, 4) is 0 Å². The Labute approximate surface area is 106 Å². The minimum Gasteiger partial charge on any atom is -0.378 e. The van der Waals surface area contributed by atoms with Gasteiger partial charge in [0, 0.05) is 26.6 Å². The van der Waals surface area contributed by atoms with E-state index in [1.807, 2.05) is 0 Å². The van der Waals surface area contributed by atoms with Crippen LogP contribution in [0.1, 0.15) is 6.42 Å². The van der Waals surface area contributed by atoms with Crippen molar-refractivity contribution in [1.82, 2.24) is 15.5 Å². The van der Waals surface area contributed by atoms with Crippen molar-refractivity contribution >= 4 is 24.2 Å². The van der Waals surface area contributed by atoms with Crippen LogP contribution in [0.4, 0.5) is 0 Å². The fourth-order valence-corrected chi connectivity index (χ4v) is 2.00. The highest BCUT2D eigenvalue weighted by molar-refractivity contribution is 5.85. The van der Waals surface area contributed by atoms with Crippen LogP contribution in [-0.2, 0) is 14.3 Å². The number of nitrogens with one attached hydrogen (secondary N) is 2. The summed E-state index contributed by atoms with van der Waals surface area (Å²) in [6.45, 7) is 2.34. The van der Waals surface area contributed by atoms with Crippen molar-refractivity contribution in [1.29, 1.82) is 0 Å². The second-order valence-corrected chi connectivity index (χ2v) is 4.27. The topological polar surface area (TPSA) is 70.7 Å². The van der Waals surface area contributed by atoms with Gasteiger partial charge in [0.2, 0.25) is 11.8 Å². The minimum absolute atomic E-state index is 0. The van der Waals surface area contributed by atoms with Gasteiger partial charge in [-0.15, -0.1) is 12.4 Å². The Balaban J connectivity index is 0.00000144. The first-order valence-corrected chi connectivity index (χ1v) is 5.52. The number of nitrogens with zero attached hydrogens (tertiary/aromatic N) is 1. The fraction of sp³-hybridized carbons (Fsp3) is 0.800. The van der Waals surface area contributed by atoms with E-state index in [0.717, 1.165) is 0 Å². The molecule has 2 fully saturated rings. The first-order chi connectivity index (χ1) is 7.66. The van der Waals surface area contributed by atoms with E-state index in [-0.39, 0.29) is 36.3 Å². The van der Waals surface area contributed by atoms with E-state index < -0.39 is 0 Å². The smallest absolute Gasteiger partial charge is 0.239 e. The molecule has 7 heteroatoms. The van der Waals surface area contributed by atoms with Gasteiger partial charge in [-0.25, -0.2) is 0 Å². The van der Waals surface area contributed by atoms with E-state index in [1.165, 1.54) is 0 Å². The van der Waals surface area contributed by atoms with Gasteiger partial charge >= 0.3 is 0 Å². The van der Waals surface area contributed by atoms with E-state index >= 15 is 0 Å². The van der Waals surface area contributed by atoms with Gasteiger partial charge in [-0.3, -0.25) is 9.59 Å². The Kier molecular flexibility index (Phi) is 5.17. The second kappa shape index (κ2) is 6.18. The molecule has 0 radical (unpaired) electrons. The van der Waals surface area contributed by atoms with Crippen molar-refractivity contribution in [3.05, 3.63) is 0 Å². The Morgan fingerprint density at radius 3 is 2.88 bits per heavy atom. The molecule has 2 amide bonds. The zero-order chi connectivity index (χ0) is 11.5. The van der Waals surface area contributed by atoms with Crippen LogP contribution < -0.4 is 10.6 Å². The summed E-state index contributed by atoms with van der Waals surface area (Å²) >= 11 is 0. The Bertz CT molecular complexity index is 295. The number of hydrogen-bond donors (Lipinski definition) is 2. The number of carbonyl (C=O) groups excluding carboxylic acids is 2. The lowest BCUT2D eigenvalue weighted by Crippen LogP contribution is -2.53.